The van der Waals surface area contributed by atoms with Crippen molar-refractivity contribution in [3.8, 4) is 22.6 Å². The molecule has 0 radical (unpaired) electrons. The number of aryl methyl sites for hydroxylation is 1. The molecule has 0 spiro atoms. The molecule has 3 aromatic heterocycles. The van der Waals surface area contributed by atoms with E-state index in [0.717, 1.165) is 53.9 Å². The fourth-order valence-electron chi connectivity index (χ4n) is 4.81. The number of nitrogens with one attached hydrogen (secondary N) is 1. The van der Waals surface area contributed by atoms with Gasteiger partial charge in [0.25, 0.3) is 0 Å². The van der Waals surface area contributed by atoms with Crippen molar-refractivity contribution >= 4 is 5.78 Å². The number of H-pyrrole nitrogens is 1. The van der Waals surface area contributed by atoms with Gasteiger partial charge in [0.1, 0.15) is 5.82 Å². The van der Waals surface area contributed by atoms with E-state index in [9.17, 15) is 4.79 Å². The second kappa shape index (κ2) is 10.7. The molecule has 5 rings (SSSR count). The van der Waals surface area contributed by atoms with Crippen molar-refractivity contribution in [2.75, 3.05) is 0 Å². The van der Waals surface area contributed by atoms with Crippen molar-refractivity contribution < 1.29 is 4.79 Å². The van der Waals surface area contributed by atoms with Crippen LogP contribution in [-0.2, 0) is 13.0 Å². The minimum absolute atomic E-state index is 0.0764. The largest absolute Gasteiger partial charge is 0.291 e. The van der Waals surface area contributed by atoms with E-state index in [1.54, 1.807) is 6.20 Å². The summed E-state index contributed by atoms with van der Waals surface area (Å²) in [6.07, 6.45) is 10.1. The number of carbonyl (C=O) groups is 1. The first-order chi connectivity index (χ1) is 17.2. The van der Waals surface area contributed by atoms with Crippen LogP contribution in [0.3, 0.4) is 0 Å². The molecule has 180 valence electrons. The first kappa shape index (κ1) is 23.0. The molecule has 1 N–H and O–H groups in total. The van der Waals surface area contributed by atoms with Crippen LogP contribution in [0.25, 0.3) is 22.6 Å². The van der Waals surface area contributed by atoms with Crippen LogP contribution >= 0.6 is 0 Å². The zero-order chi connectivity index (χ0) is 24.0. The summed E-state index contributed by atoms with van der Waals surface area (Å²) in [5.74, 6) is 2.30. The number of benzene rings is 1. The summed E-state index contributed by atoms with van der Waals surface area (Å²) >= 11 is 0. The highest BCUT2D eigenvalue weighted by Crippen LogP contribution is 2.28. The van der Waals surface area contributed by atoms with E-state index in [1.165, 1.54) is 19.3 Å². The summed E-state index contributed by atoms with van der Waals surface area (Å²) in [7, 11) is 0. The van der Waals surface area contributed by atoms with Crippen LogP contribution in [0.15, 0.2) is 42.6 Å². The molecule has 9 nitrogen and oxygen atoms in total. The van der Waals surface area contributed by atoms with Crippen LogP contribution in [-0.4, -0.2) is 46.2 Å². The lowest BCUT2D eigenvalue weighted by Gasteiger charge is -2.19. The predicted molar refractivity (Wildman–Crippen MR) is 131 cm³/mol. The van der Waals surface area contributed by atoms with Gasteiger partial charge in [0, 0.05) is 30.2 Å². The molecule has 0 amide bonds. The number of Topliss-reactive ketones (excluding diaryl/α,β-unsaturated/α-hetero) is 1. The zero-order valence-corrected chi connectivity index (χ0v) is 20.0. The predicted octanol–water partition coefficient (Wildman–Crippen LogP) is 4.67. The average molecular weight is 471 g/mol. The molecule has 1 saturated carbocycles. The van der Waals surface area contributed by atoms with Gasteiger partial charge in [-0.2, -0.15) is 5.21 Å². The fourth-order valence-corrected chi connectivity index (χ4v) is 4.81. The Balaban J connectivity index is 1.34. The number of hydrogen-bond donors (Lipinski definition) is 1. The van der Waals surface area contributed by atoms with Crippen molar-refractivity contribution in [1.82, 2.24) is 40.4 Å². The first-order valence-corrected chi connectivity index (χ1v) is 12.5. The first-order valence-electron chi connectivity index (χ1n) is 12.5. The van der Waals surface area contributed by atoms with Gasteiger partial charge >= 0.3 is 0 Å². The highest BCUT2D eigenvalue weighted by Gasteiger charge is 2.22. The molecule has 1 aliphatic carbocycles. The minimum atomic E-state index is 0.0764. The highest BCUT2D eigenvalue weighted by molar-refractivity contribution is 5.92. The zero-order valence-electron chi connectivity index (χ0n) is 20.0. The van der Waals surface area contributed by atoms with Gasteiger partial charge in [0.05, 0.1) is 12.2 Å². The third-order valence-corrected chi connectivity index (χ3v) is 6.62. The van der Waals surface area contributed by atoms with Gasteiger partial charge < -0.3 is 0 Å². The monoisotopic (exact) mass is 470 g/mol. The van der Waals surface area contributed by atoms with Gasteiger partial charge in [-0.3, -0.25) is 9.78 Å². The van der Waals surface area contributed by atoms with Crippen molar-refractivity contribution in [1.29, 1.82) is 0 Å². The number of aromatic nitrogens is 8. The molecule has 0 bridgehead atoms. The number of ketones is 1. The Morgan fingerprint density at radius 2 is 1.94 bits per heavy atom. The summed E-state index contributed by atoms with van der Waals surface area (Å²) in [4.78, 5) is 22.1. The summed E-state index contributed by atoms with van der Waals surface area (Å²) in [5.41, 5.74) is 3.66. The Labute approximate surface area is 204 Å². The Kier molecular flexibility index (Phi) is 7.02. The number of rotatable bonds is 9. The van der Waals surface area contributed by atoms with Gasteiger partial charge in [-0.05, 0) is 35.2 Å². The summed E-state index contributed by atoms with van der Waals surface area (Å²) in [6.45, 7) is 2.69. The molecule has 1 aromatic carbocycles. The lowest BCUT2D eigenvalue weighted by molar-refractivity contribution is 0.0939. The maximum absolute atomic E-state index is 12.9. The van der Waals surface area contributed by atoms with Crippen LogP contribution in [0.5, 0.6) is 0 Å². The maximum Gasteiger partial charge on any atom is 0.217 e. The molecular weight excluding hydrogens is 440 g/mol. The van der Waals surface area contributed by atoms with E-state index in [-0.39, 0.29) is 5.78 Å². The Morgan fingerprint density at radius 3 is 2.69 bits per heavy atom. The second-order valence-corrected chi connectivity index (χ2v) is 9.22. The summed E-state index contributed by atoms with van der Waals surface area (Å²) in [5, 5.41) is 19.0. The summed E-state index contributed by atoms with van der Waals surface area (Å²) < 4.78 is 1.89. The molecule has 0 aliphatic heterocycles. The van der Waals surface area contributed by atoms with E-state index in [1.807, 2.05) is 28.9 Å². The van der Waals surface area contributed by atoms with Crippen molar-refractivity contribution in [3.63, 3.8) is 0 Å². The Hall–Kier alpha value is -3.75. The lowest BCUT2D eigenvalue weighted by atomic mass is 9.86. The molecular formula is C26H30N8O. The van der Waals surface area contributed by atoms with Gasteiger partial charge in [-0.15, -0.1) is 15.3 Å². The third kappa shape index (κ3) is 5.34. The van der Waals surface area contributed by atoms with Gasteiger partial charge in [-0.1, -0.05) is 63.3 Å². The minimum Gasteiger partial charge on any atom is -0.291 e. The third-order valence-electron chi connectivity index (χ3n) is 6.62. The van der Waals surface area contributed by atoms with E-state index in [4.69, 9.17) is 0 Å². The SMILES string of the molecule is CCCc1nc(C(=O)CC2CCCCC2)nn1Cc1ccc(-c2ncccc2-c2nn[nH]n2)cc1. The van der Waals surface area contributed by atoms with Gasteiger partial charge in [-0.25, -0.2) is 9.67 Å². The number of aromatic amines is 1. The molecule has 3 heterocycles. The highest BCUT2D eigenvalue weighted by atomic mass is 16.1. The van der Waals surface area contributed by atoms with Crippen LogP contribution in [0.4, 0.5) is 0 Å². The maximum atomic E-state index is 12.9. The summed E-state index contributed by atoms with van der Waals surface area (Å²) in [6, 6.07) is 12.0. The fraction of sp³-hybridized carbons (Fsp3) is 0.423. The number of tetrazole rings is 1. The molecule has 0 saturated heterocycles. The Morgan fingerprint density at radius 1 is 1.11 bits per heavy atom. The van der Waals surface area contributed by atoms with E-state index < -0.39 is 0 Å². The normalized spacial score (nSPS) is 14.3. The molecule has 0 unspecified atom stereocenters. The topological polar surface area (TPSA) is 115 Å². The number of nitrogens with zero attached hydrogens (tertiary/aromatic N) is 7. The van der Waals surface area contributed by atoms with Crippen molar-refractivity contribution in [2.24, 2.45) is 5.92 Å². The van der Waals surface area contributed by atoms with Crippen molar-refractivity contribution in [3.05, 3.63) is 59.8 Å². The molecule has 1 fully saturated rings. The number of pyridine rings is 1. The van der Waals surface area contributed by atoms with Crippen LogP contribution in [0.1, 0.15) is 73.9 Å². The van der Waals surface area contributed by atoms with Crippen LogP contribution in [0, 0.1) is 5.92 Å². The number of hydrogen-bond acceptors (Lipinski definition) is 7. The molecule has 4 aromatic rings. The van der Waals surface area contributed by atoms with Crippen LogP contribution < -0.4 is 0 Å². The van der Waals surface area contributed by atoms with Crippen molar-refractivity contribution in [2.45, 2.75) is 64.8 Å². The smallest absolute Gasteiger partial charge is 0.217 e. The quantitative estimate of drug-likeness (QED) is 0.353. The molecule has 35 heavy (non-hydrogen) atoms. The van der Waals surface area contributed by atoms with E-state index in [0.29, 0.717) is 30.5 Å². The molecule has 1 aliphatic rings. The molecule has 0 atom stereocenters. The van der Waals surface area contributed by atoms with E-state index in [2.05, 4.69) is 54.7 Å². The standard InChI is InChI=1S/C26H30N8O/c1-2-7-23-28-26(22(35)16-18-8-4-3-5-9-18)31-34(23)17-19-11-13-20(14-12-19)24-21(10-6-15-27-24)25-29-32-33-30-25/h6,10-15,18H,2-5,7-9,16-17H2,1H3,(H,29,30,32,33). The Bertz CT molecular complexity index is 1260. The molecule has 9 heteroatoms. The van der Waals surface area contributed by atoms with E-state index >= 15 is 0 Å². The van der Waals surface area contributed by atoms with Crippen LogP contribution in [0.2, 0.25) is 0 Å². The second-order valence-electron chi connectivity index (χ2n) is 9.22. The van der Waals surface area contributed by atoms with Gasteiger partial charge in [0.15, 0.2) is 0 Å². The lowest BCUT2D eigenvalue weighted by Crippen LogP contribution is -2.13. The number of carbonyl (C=O) groups excluding carboxylic acids is 1. The average Bonchev–Trinajstić information content (AvgIpc) is 3.56. The van der Waals surface area contributed by atoms with Gasteiger partial charge in [0.2, 0.25) is 17.4 Å².